The van der Waals surface area contributed by atoms with E-state index in [0.29, 0.717) is 6.54 Å². The van der Waals surface area contributed by atoms with E-state index >= 15 is 0 Å². The SMILES string of the molecule is CC(C)C(C)(C#N)NC(=O)CN1CCCC1c1cnn(C)c1. The van der Waals surface area contributed by atoms with E-state index in [2.05, 4.69) is 21.4 Å². The Bertz CT molecular complexity index is 573. The average Bonchev–Trinajstić information content (AvgIpc) is 3.07. The van der Waals surface area contributed by atoms with Gasteiger partial charge in [-0.05, 0) is 32.2 Å². The van der Waals surface area contributed by atoms with E-state index in [0.717, 1.165) is 24.9 Å². The fourth-order valence-corrected chi connectivity index (χ4v) is 2.82. The summed E-state index contributed by atoms with van der Waals surface area (Å²) < 4.78 is 1.79. The van der Waals surface area contributed by atoms with Crippen LogP contribution in [-0.4, -0.2) is 39.2 Å². The van der Waals surface area contributed by atoms with Crippen molar-refractivity contribution in [3.8, 4) is 6.07 Å². The van der Waals surface area contributed by atoms with Gasteiger partial charge in [-0.1, -0.05) is 13.8 Å². The highest BCUT2D eigenvalue weighted by molar-refractivity contribution is 5.79. The zero-order valence-electron chi connectivity index (χ0n) is 13.8. The van der Waals surface area contributed by atoms with E-state index in [-0.39, 0.29) is 17.9 Å². The third kappa shape index (κ3) is 3.47. The van der Waals surface area contributed by atoms with Crippen LogP contribution in [-0.2, 0) is 11.8 Å². The lowest BCUT2D eigenvalue weighted by molar-refractivity contribution is -0.124. The molecule has 1 amide bonds. The summed E-state index contributed by atoms with van der Waals surface area (Å²) in [5.74, 6) is -0.0253. The highest BCUT2D eigenvalue weighted by Crippen LogP contribution is 2.31. The highest BCUT2D eigenvalue weighted by atomic mass is 16.2. The zero-order chi connectivity index (χ0) is 16.3. The molecule has 0 bridgehead atoms. The van der Waals surface area contributed by atoms with Crippen molar-refractivity contribution in [2.75, 3.05) is 13.1 Å². The van der Waals surface area contributed by atoms with Gasteiger partial charge in [0.25, 0.3) is 0 Å². The second kappa shape index (κ2) is 6.49. The van der Waals surface area contributed by atoms with Crippen LogP contribution in [0.25, 0.3) is 0 Å². The van der Waals surface area contributed by atoms with Gasteiger partial charge in [-0.25, -0.2) is 0 Å². The van der Waals surface area contributed by atoms with Crippen LogP contribution in [0.15, 0.2) is 12.4 Å². The number of likely N-dealkylation sites (tertiary alicyclic amines) is 1. The first kappa shape index (κ1) is 16.5. The Balaban J connectivity index is 2.00. The van der Waals surface area contributed by atoms with E-state index in [1.165, 1.54) is 0 Å². The summed E-state index contributed by atoms with van der Waals surface area (Å²) in [4.78, 5) is 14.5. The third-order valence-corrected chi connectivity index (χ3v) is 4.61. The molecule has 6 heteroatoms. The van der Waals surface area contributed by atoms with Crippen molar-refractivity contribution in [2.45, 2.75) is 45.2 Å². The molecular weight excluding hydrogens is 278 g/mol. The van der Waals surface area contributed by atoms with Crippen molar-refractivity contribution in [1.82, 2.24) is 20.0 Å². The molecule has 1 aromatic heterocycles. The molecule has 1 saturated heterocycles. The first-order valence-electron chi connectivity index (χ1n) is 7.80. The molecule has 1 aliphatic rings. The van der Waals surface area contributed by atoms with Crippen molar-refractivity contribution in [3.63, 3.8) is 0 Å². The molecule has 2 atom stereocenters. The second-order valence-corrected chi connectivity index (χ2v) is 6.59. The predicted molar refractivity (Wildman–Crippen MR) is 83.8 cm³/mol. The summed E-state index contributed by atoms with van der Waals surface area (Å²) >= 11 is 0. The summed E-state index contributed by atoms with van der Waals surface area (Å²) in [6.07, 6.45) is 5.99. The summed E-state index contributed by atoms with van der Waals surface area (Å²) in [7, 11) is 1.90. The molecule has 120 valence electrons. The molecule has 2 rings (SSSR count). The number of aryl methyl sites for hydroxylation is 1. The van der Waals surface area contributed by atoms with Crippen LogP contribution in [0.5, 0.6) is 0 Å². The molecule has 0 spiro atoms. The van der Waals surface area contributed by atoms with Gasteiger partial charge in [0.15, 0.2) is 0 Å². The maximum absolute atomic E-state index is 12.3. The summed E-state index contributed by atoms with van der Waals surface area (Å²) in [5.41, 5.74) is 0.334. The average molecular weight is 303 g/mol. The fraction of sp³-hybridized carbons (Fsp3) is 0.688. The number of carbonyl (C=O) groups is 1. The standard InChI is InChI=1S/C16H25N5O/c1-12(2)16(3,11-17)19-15(22)10-21-7-5-6-14(21)13-8-18-20(4)9-13/h8-9,12,14H,5-7,10H2,1-4H3,(H,19,22). The van der Waals surface area contributed by atoms with Crippen LogP contribution in [0, 0.1) is 17.2 Å². The number of hydrogen-bond acceptors (Lipinski definition) is 4. The van der Waals surface area contributed by atoms with Crippen molar-refractivity contribution < 1.29 is 4.79 Å². The number of rotatable bonds is 5. The Morgan fingerprint density at radius 2 is 2.36 bits per heavy atom. The summed E-state index contributed by atoms with van der Waals surface area (Å²) in [6, 6.07) is 2.46. The molecule has 0 aliphatic carbocycles. The van der Waals surface area contributed by atoms with Crippen LogP contribution < -0.4 is 5.32 Å². The smallest absolute Gasteiger partial charge is 0.235 e. The number of amides is 1. The molecule has 0 saturated carbocycles. The minimum Gasteiger partial charge on any atom is -0.337 e. The minimum atomic E-state index is -0.819. The number of carbonyl (C=O) groups excluding carboxylic acids is 1. The monoisotopic (exact) mass is 303 g/mol. The summed E-state index contributed by atoms with van der Waals surface area (Å²) in [5, 5.41) is 16.4. The molecule has 6 nitrogen and oxygen atoms in total. The number of nitrogens with zero attached hydrogens (tertiary/aromatic N) is 4. The van der Waals surface area contributed by atoms with E-state index in [1.54, 1.807) is 11.6 Å². The van der Waals surface area contributed by atoms with E-state index < -0.39 is 5.54 Å². The van der Waals surface area contributed by atoms with Crippen LogP contribution in [0.3, 0.4) is 0 Å². The van der Waals surface area contributed by atoms with Gasteiger partial charge in [-0.2, -0.15) is 10.4 Å². The maximum Gasteiger partial charge on any atom is 0.235 e. The second-order valence-electron chi connectivity index (χ2n) is 6.59. The van der Waals surface area contributed by atoms with Crippen molar-refractivity contribution in [1.29, 1.82) is 5.26 Å². The van der Waals surface area contributed by atoms with E-state index in [4.69, 9.17) is 0 Å². The maximum atomic E-state index is 12.3. The Labute approximate surface area is 132 Å². The normalized spacial score (nSPS) is 21.5. The topological polar surface area (TPSA) is 74.0 Å². The Hall–Kier alpha value is -1.87. The summed E-state index contributed by atoms with van der Waals surface area (Å²) in [6.45, 7) is 6.88. The van der Waals surface area contributed by atoms with Gasteiger partial charge in [0.1, 0.15) is 5.54 Å². The first-order chi connectivity index (χ1) is 10.4. The molecule has 2 heterocycles. The van der Waals surface area contributed by atoms with Gasteiger partial charge in [0.2, 0.25) is 5.91 Å². The van der Waals surface area contributed by atoms with Gasteiger partial charge >= 0.3 is 0 Å². The Morgan fingerprint density at radius 3 is 2.91 bits per heavy atom. The Kier molecular flexibility index (Phi) is 4.87. The quantitative estimate of drug-likeness (QED) is 0.897. The lowest BCUT2D eigenvalue weighted by atomic mass is 9.90. The van der Waals surface area contributed by atoms with Gasteiger partial charge in [-0.15, -0.1) is 0 Å². The van der Waals surface area contributed by atoms with Crippen molar-refractivity contribution in [2.24, 2.45) is 13.0 Å². The molecule has 2 unspecified atom stereocenters. The fourth-order valence-electron chi connectivity index (χ4n) is 2.82. The molecule has 1 aliphatic heterocycles. The van der Waals surface area contributed by atoms with Crippen LogP contribution in [0.1, 0.15) is 45.2 Å². The number of nitriles is 1. The molecular formula is C16H25N5O. The molecule has 1 N–H and O–H groups in total. The van der Waals surface area contributed by atoms with Crippen molar-refractivity contribution >= 4 is 5.91 Å². The minimum absolute atomic E-state index is 0.0640. The lowest BCUT2D eigenvalue weighted by Gasteiger charge is -2.29. The van der Waals surface area contributed by atoms with Gasteiger partial charge in [-0.3, -0.25) is 14.4 Å². The van der Waals surface area contributed by atoms with Gasteiger partial charge in [0, 0.05) is 24.8 Å². The first-order valence-corrected chi connectivity index (χ1v) is 7.80. The molecule has 1 aromatic rings. The third-order valence-electron chi connectivity index (χ3n) is 4.61. The molecule has 0 radical (unpaired) electrons. The number of nitrogens with one attached hydrogen (secondary N) is 1. The molecule has 22 heavy (non-hydrogen) atoms. The number of hydrogen-bond donors (Lipinski definition) is 1. The highest BCUT2D eigenvalue weighted by Gasteiger charge is 2.33. The van der Waals surface area contributed by atoms with E-state index in [1.807, 2.05) is 33.3 Å². The van der Waals surface area contributed by atoms with Gasteiger partial charge in [0.05, 0.1) is 18.8 Å². The van der Waals surface area contributed by atoms with Crippen LogP contribution >= 0.6 is 0 Å². The van der Waals surface area contributed by atoms with Gasteiger partial charge < -0.3 is 5.32 Å². The zero-order valence-corrected chi connectivity index (χ0v) is 13.8. The molecule has 1 fully saturated rings. The van der Waals surface area contributed by atoms with Crippen LogP contribution in [0.2, 0.25) is 0 Å². The predicted octanol–water partition coefficient (Wildman–Crippen LogP) is 1.61. The lowest BCUT2D eigenvalue weighted by Crippen LogP contribution is -2.51. The Morgan fingerprint density at radius 1 is 1.64 bits per heavy atom. The van der Waals surface area contributed by atoms with Crippen LogP contribution in [0.4, 0.5) is 0 Å². The number of aromatic nitrogens is 2. The van der Waals surface area contributed by atoms with Crippen molar-refractivity contribution in [3.05, 3.63) is 18.0 Å². The largest absolute Gasteiger partial charge is 0.337 e. The molecule has 0 aromatic carbocycles. The van der Waals surface area contributed by atoms with E-state index in [9.17, 15) is 10.1 Å².